The first-order chi connectivity index (χ1) is 9.82. The molecule has 0 saturated carbocycles. The number of amides is 1. The quantitative estimate of drug-likeness (QED) is 0.380. The predicted octanol–water partition coefficient (Wildman–Crippen LogP) is 3.79. The fraction of sp³-hybridized carbons (Fsp3) is 0. The molecule has 0 atom stereocenters. The first kappa shape index (κ1) is 15.4. The summed E-state index contributed by atoms with van der Waals surface area (Å²) in [5, 5.41) is 1.65. The van der Waals surface area contributed by atoms with E-state index in [4.69, 9.17) is 0 Å². The van der Waals surface area contributed by atoms with Crippen LogP contribution in [0.25, 0.3) is 0 Å². The minimum atomic E-state index is -2.30. The number of pyridine rings is 1. The monoisotopic (exact) mass is 366 g/mol. The molecule has 0 unspecified atom stereocenters. The third-order valence-electron chi connectivity index (χ3n) is 2.44. The molecule has 21 heavy (non-hydrogen) atoms. The Morgan fingerprint density at radius 2 is 1.52 bits per heavy atom. The summed E-state index contributed by atoms with van der Waals surface area (Å²) in [7, 11) is 0. The molecule has 1 N–H and O–H groups in total. The molecule has 1 amide bonds. The van der Waals surface area contributed by atoms with Crippen LogP contribution in [0.15, 0.2) is 22.9 Å². The second-order valence-electron chi connectivity index (χ2n) is 3.77. The highest BCUT2D eigenvalue weighted by atomic mass is 79.9. The lowest BCUT2D eigenvalue weighted by Crippen LogP contribution is -2.17. The molecule has 0 radical (unpaired) electrons. The Morgan fingerprint density at radius 3 is 2.05 bits per heavy atom. The summed E-state index contributed by atoms with van der Waals surface area (Å²) >= 11 is 2.97. The Morgan fingerprint density at radius 1 is 1.00 bits per heavy atom. The van der Waals surface area contributed by atoms with Crippen molar-refractivity contribution in [2.45, 2.75) is 0 Å². The minimum absolute atomic E-state index is 0.0826. The summed E-state index contributed by atoms with van der Waals surface area (Å²) in [4.78, 5) is 15.5. The summed E-state index contributed by atoms with van der Waals surface area (Å²) in [5.74, 6) is -11.9. The number of halogens is 6. The van der Waals surface area contributed by atoms with Gasteiger partial charge in [-0.25, -0.2) is 26.9 Å². The highest BCUT2D eigenvalue weighted by Crippen LogP contribution is 2.27. The van der Waals surface area contributed by atoms with Crippen molar-refractivity contribution < 1.29 is 26.7 Å². The third-order valence-corrected chi connectivity index (χ3v) is 2.87. The van der Waals surface area contributed by atoms with Crippen LogP contribution in [0.5, 0.6) is 0 Å². The maximum atomic E-state index is 13.4. The summed E-state index contributed by atoms with van der Waals surface area (Å²) in [5.41, 5.74) is -1.50. The van der Waals surface area contributed by atoms with Gasteiger partial charge in [0.15, 0.2) is 23.3 Å². The molecule has 9 heteroatoms. The fourth-order valence-corrected chi connectivity index (χ4v) is 1.81. The van der Waals surface area contributed by atoms with Gasteiger partial charge in [0.1, 0.15) is 10.3 Å². The van der Waals surface area contributed by atoms with Crippen molar-refractivity contribution >= 4 is 27.5 Å². The van der Waals surface area contributed by atoms with Gasteiger partial charge >= 0.3 is 0 Å². The van der Waals surface area contributed by atoms with Crippen LogP contribution in [-0.2, 0) is 0 Å². The van der Waals surface area contributed by atoms with Crippen LogP contribution in [0.2, 0.25) is 0 Å². The molecule has 1 aromatic heterocycles. The van der Waals surface area contributed by atoms with Crippen molar-refractivity contribution in [3.63, 3.8) is 0 Å². The van der Waals surface area contributed by atoms with E-state index in [1.165, 1.54) is 18.3 Å². The van der Waals surface area contributed by atoms with Crippen molar-refractivity contribution in [3.8, 4) is 0 Å². The van der Waals surface area contributed by atoms with E-state index in [0.29, 0.717) is 0 Å². The second kappa shape index (κ2) is 5.76. The number of hydrogen-bond donors (Lipinski definition) is 1. The molecule has 1 heterocycles. The number of anilines is 1. The lowest BCUT2D eigenvalue weighted by molar-refractivity contribution is 0.102. The zero-order chi connectivity index (χ0) is 15.7. The normalized spacial score (nSPS) is 10.6. The molecule has 0 aliphatic carbocycles. The SMILES string of the molecule is O=C(Nc1c(F)c(F)c(F)c(F)c1F)c1ccnc(Br)c1. The average molecular weight is 367 g/mol. The number of nitrogens with one attached hydrogen (secondary N) is 1. The Bertz CT molecular complexity index is 709. The van der Waals surface area contributed by atoms with Gasteiger partial charge in [0.05, 0.1) is 0 Å². The highest BCUT2D eigenvalue weighted by Gasteiger charge is 2.27. The number of carbonyl (C=O) groups excluding carboxylic acids is 1. The van der Waals surface area contributed by atoms with Gasteiger partial charge in [0.25, 0.3) is 5.91 Å². The minimum Gasteiger partial charge on any atom is -0.317 e. The van der Waals surface area contributed by atoms with Crippen LogP contribution < -0.4 is 5.32 Å². The smallest absolute Gasteiger partial charge is 0.255 e. The maximum Gasteiger partial charge on any atom is 0.255 e. The molecule has 3 nitrogen and oxygen atoms in total. The molecule has 110 valence electrons. The zero-order valence-corrected chi connectivity index (χ0v) is 11.4. The van der Waals surface area contributed by atoms with E-state index in [2.05, 4.69) is 20.9 Å². The lowest BCUT2D eigenvalue weighted by Gasteiger charge is -2.09. The number of aromatic nitrogens is 1. The third kappa shape index (κ3) is 2.87. The van der Waals surface area contributed by atoms with Crippen LogP contribution in [0.1, 0.15) is 10.4 Å². The van der Waals surface area contributed by atoms with Crippen molar-refractivity contribution in [3.05, 3.63) is 57.6 Å². The van der Waals surface area contributed by atoms with Gasteiger partial charge in [-0.05, 0) is 28.1 Å². The van der Waals surface area contributed by atoms with Gasteiger partial charge in [0.2, 0.25) is 5.82 Å². The van der Waals surface area contributed by atoms with E-state index in [1.54, 1.807) is 5.32 Å². The molecule has 1 aromatic carbocycles. The summed E-state index contributed by atoms with van der Waals surface area (Å²) in [6, 6.07) is 2.41. The van der Waals surface area contributed by atoms with Crippen molar-refractivity contribution in [2.75, 3.05) is 5.32 Å². The Hall–Kier alpha value is -2.03. The molecule has 0 bridgehead atoms. The number of hydrogen-bond acceptors (Lipinski definition) is 2. The molecular weight excluding hydrogens is 363 g/mol. The topological polar surface area (TPSA) is 42.0 Å². The van der Waals surface area contributed by atoms with E-state index in [9.17, 15) is 26.7 Å². The number of rotatable bonds is 2. The summed E-state index contributed by atoms with van der Waals surface area (Å²) in [6.45, 7) is 0. The maximum absolute atomic E-state index is 13.4. The predicted molar refractivity (Wildman–Crippen MR) is 66.1 cm³/mol. The van der Waals surface area contributed by atoms with Crippen LogP contribution in [0, 0.1) is 29.1 Å². The van der Waals surface area contributed by atoms with Crippen molar-refractivity contribution in [1.82, 2.24) is 4.98 Å². The van der Waals surface area contributed by atoms with Gasteiger partial charge in [-0.15, -0.1) is 0 Å². The van der Waals surface area contributed by atoms with Gasteiger partial charge in [-0.1, -0.05) is 0 Å². The van der Waals surface area contributed by atoms with Gasteiger partial charge < -0.3 is 5.32 Å². The molecule has 0 spiro atoms. The Balaban J connectivity index is 2.43. The van der Waals surface area contributed by atoms with Crippen molar-refractivity contribution in [1.29, 1.82) is 0 Å². The van der Waals surface area contributed by atoms with Crippen LogP contribution in [-0.4, -0.2) is 10.9 Å². The number of nitrogens with zero attached hydrogens (tertiary/aromatic N) is 1. The van der Waals surface area contributed by atoms with E-state index >= 15 is 0 Å². The number of carbonyl (C=O) groups is 1. The summed E-state index contributed by atoms with van der Waals surface area (Å²) in [6.07, 6.45) is 1.22. The van der Waals surface area contributed by atoms with Gasteiger partial charge in [-0.2, -0.15) is 0 Å². The number of benzene rings is 1. The second-order valence-corrected chi connectivity index (χ2v) is 4.58. The standard InChI is InChI=1S/C12H4BrF5N2O/c13-5-3-4(1-2-19-5)12(21)20-11-9(17)7(15)6(14)8(16)10(11)18/h1-3H,(H,20,21). The molecule has 2 rings (SSSR count). The van der Waals surface area contributed by atoms with Crippen LogP contribution in [0.4, 0.5) is 27.6 Å². The highest BCUT2D eigenvalue weighted by molar-refractivity contribution is 9.10. The van der Waals surface area contributed by atoms with Gasteiger partial charge in [0, 0.05) is 11.8 Å². The molecular formula is C12H4BrF5N2O. The Labute approximate surface area is 122 Å². The molecule has 0 fully saturated rings. The fourth-order valence-electron chi connectivity index (χ4n) is 1.44. The molecule has 2 aromatic rings. The lowest BCUT2D eigenvalue weighted by atomic mass is 10.2. The molecule has 0 aliphatic rings. The van der Waals surface area contributed by atoms with Crippen LogP contribution >= 0.6 is 15.9 Å². The van der Waals surface area contributed by atoms with E-state index in [1.807, 2.05) is 0 Å². The van der Waals surface area contributed by atoms with Crippen LogP contribution in [0.3, 0.4) is 0 Å². The van der Waals surface area contributed by atoms with Gasteiger partial charge in [-0.3, -0.25) is 4.79 Å². The van der Waals surface area contributed by atoms with E-state index in [0.717, 1.165) is 0 Å². The Kier molecular flexibility index (Phi) is 4.21. The van der Waals surface area contributed by atoms with E-state index < -0.39 is 40.7 Å². The molecule has 0 saturated heterocycles. The average Bonchev–Trinajstić information content (AvgIpc) is 2.47. The summed E-state index contributed by atoms with van der Waals surface area (Å²) < 4.78 is 65.9. The molecule has 0 aliphatic heterocycles. The van der Waals surface area contributed by atoms with E-state index in [-0.39, 0.29) is 10.2 Å². The first-order valence-electron chi connectivity index (χ1n) is 5.27. The first-order valence-corrected chi connectivity index (χ1v) is 6.06. The van der Waals surface area contributed by atoms with Crippen molar-refractivity contribution in [2.24, 2.45) is 0 Å². The zero-order valence-electron chi connectivity index (χ0n) is 9.86. The largest absolute Gasteiger partial charge is 0.317 e.